The number of hydrogen-bond donors (Lipinski definition) is 1. The van der Waals surface area contributed by atoms with Crippen LogP contribution >= 0.6 is 11.3 Å². The summed E-state index contributed by atoms with van der Waals surface area (Å²) in [6, 6.07) is 14.6. The number of anilines is 2. The van der Waals surface area contributed by atoms with Gasteiger partial charge in [-0.05, 0) is 42.3 Å². The summed E-state index contributed by atoms with van der Waals surface area (Å²) in [6.45, 7) is 2.59. The van der Waals surface area contributed by atoms with Gasteiger partial charge in [0.1, 0.15) is 0 Å². The van der Waals surface area contributed by atoms with Crippen LogP contribution in [0, 0.1) is 11.3 Å². The Morgan fingerprint density at radius 2 is 2.14 bits per heavy atom. The van der Waals surface area contributed by atoms with Crippen LogP contribution in [0.4, 0.5) is 10.8 Å². The van der Waals surface area contributed by atoms with Gasteiger partial charge in [-0.25, -0.2) is 4.98 Å². The molecule has 0 saturated carbocycles. The summed E-state index contributed by atoms with van der Waals surface area (Å²) in [5, 5.41) is 14.2. The molecule has 144 valence electrons. The number of hydrogen-bond acceptors (Lipinski definition) is 5. The monoisotopic (exact) mass is 402 g/mol. The molecule has 4 rings (SSSR count). The molecule has 29 heavy (non-hydrogen) atoms. The van der Waals surface area contributed by atoms with E-state index in [1.54, 1.807) is 24.3 Å². The average Bonchev–Trinajstić information content (AvgIpc) is 3.39. The van der Waals surface area contributed by atoms with E-state index in [9.17, 15) is 9.59 Å². The number of fused-ring (bicyclic) bond motifs is 1. The zero-order valence-electron chi connectivity index (χ0n) is 15.8. The third-order valence-electron chi connectivity index (χ3n) is 4.85. The zero-order valence-corrected chi connectivity index (χ0v) is 16.6. The summed E-state index contributed by atoms with van der Waals surface area (Å²) < 4.78 is 0. The van der Waals surface area contributed by atoms with E-state index in [-0.39, 0.29) is 11.8 Å². The molecule has 1 aromatic heterocycles. The fourth-order valence-corrected chi connectivity index (χ4v) is 4.09. The van der Waals surface area contributed by atoms with Gasteiger partial charge in [0.05, 0.1) is 17.3 Å². The van der Waals surface area contributed by atoms with Crippen LogP contribution in [-0.4, -0.2) is 23.3 Å². The van der Waals surface area contributed by atoms with Crippen molar-refractivity contribution in [2.75, 3.05) is 16.8 Å². The lowest BCUT2D eigenvalue weighted by Crippen LogP contribution is -2.27. The summed E-state index contributed by atoms with van der Waals surface area (Å²) in [6.07, 6.45) is 1.32. The number of aromatic nitrogens is 1. The van der Waals surface area contributed by atoms with Gasteiger partial charge >= 0.3 is 0 Å². The van der Waals surface area contributed by atoms with Crippen molar-refractivity contribution < 1.29 is 9.59 Å². The SMILES string of the molecule is CCC(=O)N1CCc2cc(-c3csc(NC(=O)c4cccc(C#N)c4)n3)ccc21. The van der Waals surface area contributed by atoms with Crippen LogP contribution in [0.25, 0.3) is 11.3 Å². The van der Waals surface area contributed by atoms with Gasteiger partial charge in [0, 0.05) is 35.2 Å². The fraction of sp³-hybridized carbons (Fsp3) is 0.182. The summed E-state index contributed by atoms with van der Waals surface area (Å²) in [5.74, 6) is -0.165. The Hall–Kier alpha value is -3.50. The van der Waals surface area contributed by atoms with E-state index in [2.05, 4.69) is 16.4 Å². The molecule has 0 fully saturated rings. The molecule has 0 spiro atoms. The van der Waals surface area contributed by atoms with Crippen molar-refractivity contribution in [1.82, 2.24) is 4.98 Å². The first-order valence-corrected chi connectivity index (χ1v) is 10.2. The number of nitrogens with zero attached hydrogens (tertiary/aromatic N) is 3. The van der Waals surface area contributed by atoms with Crippen molar-refractivity contribution in [2.45, 2.75) is 19.8 Å². The average molecular weight is 402 g/mol. The first-order valence-electron chi connectivity index (χ1n) is 9.29. The number of nitrogens with one attached hydrogen (secondary N) is 1. The molecule has 0 saturated heterocycles. The fourth-order valence-electron chi connectivity index (χ4n) is 3.37. The van der Waals surface area contributed by atoms with Gasteiger partial charge in [-0.1, -0.05) is 19.1 Å². The maximum absolute atomic E-state index is 12.4. The second kappa shape index (κ2) is 7.86. The lowest BCUT2D eigenvalue weighted by molar-refractivity contribution is -0.118. The smallest absolute Gasteiger partial charge is 0.257 e. The van der Waals surface area contributed by atoms with Crippen LogP contribution in [0.3, 0.4) is 0 Å². The molecule has 0 aliphatic carbocycles. The molecule has 1 aliphatic rings. The number of rotatable bonds is 4. The summed E-state index contributed by atoms with van der Waals surface area (Å²) in [5.41, 5.74) is 4.69. The lowest BCUT2D eigenvalue weighted by Gasteiger charge is -2.16. The summed E-state index contributed by atoms with van der Waals surface area (Å²) in [4.78, 5) is 30.8. The number of carbonyl (C=O) groups excluding carboxylic acids is 2. The van der Waals surface area contributed by atoms with E-state index in [4.69, 9.17) is 5.26 Å². The largest absolute Gasteiger partial charge is 0.312 e. The van der Waals surface area contributed by atoms with Crippen molar-refractivity contribution in [3.8, 4) is 17.3 Å². The minimum absolute atomic E-state index is 0.135. The minimum Gasteiger partial charge on any atom is -0.312 e. The van der Waals surface area contributed by atoms with E-state index in [0.717, 1.165) is 28.9 Å². The van der Waals surface area contributed by atoms with Crippen LogP contribution in [0.2, 0.25) is 0 Å². The van der Waals surface area contributed by atoms with Crippen LogP contribution in [0.15, 0.2) is 47.8 Å². The molecule has 3 aromatic rings. The Labute approximate surface area is 172 Å². The first kappa shape index (κ1) is 18.8. The number of nitriles is 1. The number of benzene rings is 2. The Kier molecular flexibility index (Phi) is 5.10. The van der Waals surface area contributed by atoms with Crippen LogP contribution in [0.5, 0.6) is 0 Å². The Balaban J connectivity index is 1.52. The van der Waals surface area contributed by atoms with Crippen molar-refractivity contribution in [1.29, 1.82) is 5.26 Å². The second-order valence-electron chi connectivity index (χ2n) is 6.68. The highest BCUT2D eigenvalue weighted by molar-refractivity contribution is 7.14. The molecule has 0 unspecified atom stereocenters. The molecule has 1 N–H and O–H groups in total. The molecular formula is C22H18N4O2S. The minimum atomic E-state index is -0.300. The highest BCUT2D eigenvalue weighted by Gasteiger charge is 2.24. The molecule has 2 amide bonds. The molecular weight excluding hydrogens is 384 g/mol. The number of carbonyl (C=O) groups is 2. The second-order valence-corrected chi connectivity index (χ2v) is 7.54. The lowest BCUT2D eigenvalue weighted by atomic mass is 10.1. The normalized spacial score (nSPS) is 12.3. The van der Waals surface area contributed by atoms with Crippen LogP contribution in [0.1, 0.15) is 34.8 Å². The molecule has 2 heterocycles. The topological polar surface area (TPSA) is 86.1 Å². The van der Waals surface area contributed by atoms with Crippen LogP contribution < -0.4 is 10.2 Å². The van der Waals surface area contributed by atoms with E-state index >= 15 is 0 Å². The molecule has 2 aromatic carbocycles. The summed E-state index contributed by atoms with van der Waals surface area (Å²) >= 11 is 1.35. The Morgan fingerprint density at radius 3 is 2.93 bits per heavy atom. The highest BCUT2D eigenvalue weighted by Crippen LogP contribution is 2.33. The highest BCUT2D eigenvalue weighted by atomic mass is 32.1. The molecule has 7 heteroatoms. The number of thiazole rings is 1. The molecule has 0 bridgehead atoms. The van der Waals surface area contributed by atoms with Gasteiger partial charge in [-0.2, -0.15) is 5.26 Å². The third-order valence-corrected chi connectivity index (χ3v) is 5.61. The zero-order chi connectivity index (χ0) is 20.4. The maximum atomic E-state index is 12.4. The molecule has 6 nitrogen and oxygen atoms in total. The quantitative estimate of drug-likeness (QED) is 0.707. The van der Waals surface area contributed by atoms with E-state index in [1.165, 1.54) is 11.3 Å². The van der Waals surface area contributed by atoms with E-state index in [0.29, 0.717) is 29.2 Å². The summed E-state index contributed by atoms with van der Waals surface area (Å²) in [7, 11) is 0. The van der Waals surface area contributed by atoms with E-state index in [1.807, 2.05) is 35.4 Å². The maximum Gasteiger partial charge on any atom is 0.257 e. The van der Waals surface area contributed by atoms with Crippen molar-refractivity contribution in [3.63, 3.8) is 0 Å². The van der Waals surface area contributed by atoms with Crippen molar-refractivity contribution in [2.24, 2.45) is 0 Å². The predicted octanol–water partition coefficient (Wildman–Crippen LogP) is 4.23. The van der Waals surface area contributed by atoms with Gasteiger partial charge in [0.25, 0.3) is 5.91 Å². The van der Waals surface area contributed by atoms with Gasteiger partial charge in [-0.15, -0.1) is 11.3 Å². The third kappa shape index (κ3) is 3.75. The van der Waals surface area contributed by atoms with Crippen molar-refractivity contribution in [3.05, 3.63) is 64.5 Å². The Bertz CT molecular complexity index is 1150. The van der Waals surface area contributed by atoms with Gasteiger partial charge in [0.15, 0.2) is 5.13 Å². The van der Waals surface area contributed by atoms with Gasteiger partial charge < -0.3 is 4.90 Å². The number of amides is 2. The Morgan fingerprint density at radius 1 is 1.28 bits per heavy atom. The molecule has 0 atom stereocenters. The van der Waals surface area contributed by atoms with E-state index < -0.39 is 0 Å². The standard InChI is InChI=1S/C22H18N4O2S/c1-2-20(27)26-9-8-16-11-15(6-7-19(16)26)18-13-29-22(24-18)25-21(28)17-5-3-4-14(10-17)12-23/h3-7,10-11,13H,2,8-9H2,1H3,(H,24,25,28). The predicted molar refractivity (Wildman–Crippen MR) is 113 cm³/mol. The van der Waals surface area contributed by atoms with Crippen LogP contribution in [-0.2, 0) is 11.2 Å². The van der Waals surface area contributed by atoms with Gasteiger partial charge in [-0.3, -0.25) is 14.9 Å². The van der Waals surface area contributed by atoms with Gasteiger partial charge in [0.2, 0.25) is 5.91 Å². The molecule has 0 radical (unpaired) electrons. The molecule has 1 aliphatic heterocycles. The van der Waals surface area contributed by atoms with Crippen molar-refractivity contribution >= 4 is 34.0 Å². The first-order chi connectivity index (χ1) is 14.1.